The van der Waals surface area contributed by atoms with Crippen LogP contribution in [0.4, 0.5) is 5.69 Å². The maximum atomic E-state index is 12.0. The summed E-state index contributed by atoms with van der Waals surface area (Å²) in [6.07, 6.45) is 3.05. The average Bonchev–Trinajstić information content (AvgIpc) is 2.42. The lowest BCUT2D eigenvalue weighted by Crippen LogP contribution is -2.34. The molecular weight excluding hydrogens is 488 g/mol. The molecular formula is C13H8BrClIN3OS. The number of benzene rings is 1. The van der Waals surface area contributed by atoms with Crippen molar-refractivity contribution in [1.82, 2.24) is 10.3 Å². The molecule has 8 heteroatoms. The molecule has 0 unspecified atom stereocenters. The van der Waals surface area contributed by atoms with Gasteiger partial charge in [-0.1, -0.05) is 11.6 Å². The summed E-state index contributed by atoms with van der Waals surface area (Å²) in [5, 5.41) is 6.16. The molecule has 0 aliphatic rings. The molecule has 0 fully saturated rings. The molecule has 0 radical (unpaired) electrons. The zero-order valence-corrected chi connectivity index (χ0v) is 15.7. The van der Waals surface area contributed by atoms with Crippen molar-refractivity contribution in [2.45, 2.75) is 0 Å². The van der Waals surface area contributed by atoms with E-state index in [0.717, 1.165) is 8.04 Å². The third-order valence-corrected chi connectivity index (χ3v) is 3.99. The second-order valence-electron chi connectivity index (χ2n) is 3.92. The van der Waals surface area contributed by atoms with Crippen LogP contribution in [0.15, 0.2) is 41.1 Å². The van der Waals surface area contributed by atoms with Crippen LogP contribution >= 0.6 is 62.3 Å². The van der Waals surface area contributed by atoms with Crippen LogP contribution < -0.4 is 10.6 Å². The zero-order chi connectivity index (χ0) is 15.4. The van der Waals surface area contributed by atoms with Gasteiger partial charge in [-0.15, -0.1) is 0 Å². The third-order valence-electron chi connectivity index (χ3n) is 2.37. The van der Waals surface area contributed by atoms with Crippen molar-refractivity contribution in [3.8, 4) is 0 Å². The molecule has 2 rings (SSSR count). The fourth-order valence-corrected chi connectivity index (χ4v) is 2.93. The minimum atomic E-state index is -0.345. The monoisotopic (exact) mass is 495 g/mol. The fraction of sp³-hybridized carbons (Fsp3) is 0. The standard InChI is InChI=1S/C13H8BrClIN3OS/c14-8-3-7(5-17-6-8)12(20)19-13(21)18-11-2-1-9(16)4-10(11)15/h1-6H,(H2,18,19,20,21). The Morgan fingerprint density at radius 2 is 2.10 bits per heavy atom. The van der Waals surface area contributed by atoms with Gasteiger partial charge in [-0.2, -0.15) is 0 Å². The molecule has 0 atom stereocenters. The zero-order valence-electron chi connectivity index (χ0n) is 10.4. The molecule has 0 saturated carbocycles. The van der Waals surface area contributed by atoms with Crippen molar-refractivity contribution in [3.63, 3.8) is 0 Å². The summed E-state index contributed by atoms with van der Waals surface area (Å²) in [6.45, 7) is 0. The lowest BCUT2D eigenvalue weighted by Gasteiger charge is -2.11. The first-order valence-corrected chi connectivity index (χ1v) is 8.29. The third kappa shape index (κ3) is 4.87. The fourth-order valence-electron chi connectivity index (χ4n) is 1.46. The molecule has 2 N–H and O–H groups in total. The Bertz CT molecular complexity index is 714. The van der Waals surface area contributed by atoms with Gasteiger partial charge >= 0.3 is 0 Å². The van der Waals surface area contributed by atoms with Gasteiger partial charge in [0, 0.05) is 20.4 Å². The van der Waals surface area contributed by atoms with Crippen LogP contribution in [0.2, 0.25) is 5.02 Å². The van der Waals surface area contributed by atoms with Gasteiger partial charge < -0.3 is 5.32 Å². The predicted octanol–water partition coefficient (Wildman–Crippen LogP) is 4.23. The number of aromatic nitrogens is 1. The Morgan fingerprint density at radius 1 is 1.33 bits per heavy atom. The van der Waals surface area contributed by atoms with Gasteiger partial charge in [-0.3, -0.25) is 15.1 Å². The van der Waals surface area contributed by atoms with Crippen molar-refractivity contribution in [2.24, 2.45) is 0 Å². The number of amides is 1. The number of rotatable bonds is 2. The van der Waals surface area contributed by atoms with Crippen molar-refractivity contribution < 1.29 is 4.79 Å². The topological polar surface area (TPSA) is 54.0 Å². The lowest BCUT2D eigenvalue weighted by atomic mass is 10.3. The molecule has 21 heavy (non-hydrogen) atoms. The Hall–Kier alpha value is -0.770. The molecule has 1 aromatic heterocycles. The summed E-state index contributed by atoms with van der Waals surface area (Å²) in [5.74, 6) is -0.345. The van der Waals surface area contributed by atoms with Crippen LogP contribution in [0, 0.1) is 3.57 Å². The van der Waals surface area contributed by atoms with Crippen molar-refractivity contribution in [2.75, 3.05) is 5.32 Å². The van der Waals surface area contributed by atoms with Gasteiger partial charge in [0.2, 0.25) is 0 Å². The molecule has 0 saturated heterocycles. The number of anilines is 1. The highest BCUT2D eigenvalue weighted by atomic mass is 127. The second-order valence-corrected chi connectivity index (χ2v) is 6.90. The molecule has 4 nitrogen and oxygen atoms in total. The molecule has 0 bridgehead atoms. The van der Waals surface area contributed by atoms with Gasteiger partial charge in [-0.25, -0.2) is 0 Å². The van der Waals surface area contributed by atoms with E-state index in [2.05, 4.69) is 54.1 Å². The summed E-state index contributed by atoms with van der Waals surface area (Å²) in [4.78, 5) is 15.9. The number of hydrogen-bond acceptors (Lipinski definition) is 3. The number of hydrogen-bond donors (Lipinski definition) is 2. The number of carbonyl (C=O) groups is 1. The highest BCUT2D eigenvalue weighted by Gasteiger charge is 2.10. The van der Waals surface area contributed by atoms with E-state index in [1.54, 1.807) is 24.4 Å². The first kappa shape index (κ1) is 16.6. The molecule has 108 valence electrons. The van der Waals surface area contributed by atoms with Crippen molar-refractivity contribution >= 4 is 79.0 Å². The van der Waals surface area contributed by atoms with E-state index >= 15 is 0 Å². The number of nitrogens with one attached hydrogen (secondary N) is 2. The smallest absolute Gasteiger partial charge is 0.259 e. The quantitative estimate of drug-likeness (QED) is 0.483. The normalized spacial score (nSPS) is 10.0. The summed E-state index contributed by atoms with van der Waals surface area (Å²) in [6, 6.07) is 7.14. The number of nitrogens with zero attached hydrogens (tertiary/aromatic N) is 1. The molecule has 1 heterocycles. The van der Waals surface area contributed by atoms with Crippen LogP contribution in [-0.2, 0) is 0 Å². The molecule has 1 amide bonds. The SMILES string of the molecule is O=C(NC(=S)Nc1ccc(I)cc1Cl)c1cncc(Br)c1. The average molecular weight is 497 g/mol. The summed E-state index contributed by atoms with van der Waals surface area (Å²) in [5.41, 5.74) is 1.04. The van der Waals surface area contributed by atoms with Gasteiger partial charge in [0.1, 0.15) is 0 Å². The van der Waals surface area contributed by atoms with E-state index in [1.807, 2.05) is 6.07 Å². The van der Waals surface area contributed by atoms with E-state index in [9.17, 15) is 4.79 Å². The maximum absolute atomic E-state index is 12.0. The largest absolute Gasteiger partial charge is 0.331 e. The van der Waals surface area contributed by atoms with Gasteiger partial charge in [0.05, 0.1) is 16.3 Å². The molecule has 2 aromatic rings. The van der Waals surface area contributed by atoms with Crippen LogP contribution in [-0.4, -0.2) is 16.0 Å². The number of carbonyl (C=O) groups excluding carboxylic acids is 1. The highest BCUT2D eigenvalue weighted by molar-refractivity contribution is 14.1. The van der Waals surface area contributed by atoms with Crippen LogP contribution in [0.25, 0.3) is 0 Å². The summed E-state index contributed by atoms with van der Waals surface area (Å²) < 4.78 is 1.73. The maximum Gasteiger partial charge on any atom is 0.259 e. The minimum absolute atomic E-state index is 0.170. The molecule has 0 aliphatic heterocycles. The number of halogens is 3. The van der Waals surface area contributed by atoms with E-state index in [4.69, 9.17) is 23.8 Å². The van der Waals surface area contributed by atoms with E-state index in [1.165, 1.54) is 6.20 Å². The molecule has 0 spiro atoms. The van der Waals surface area contributed by atoms with E-state index in [0.29, 0.717) is 16.3 Å². The van der Waals surface area contributed by atoms with Crippen molar-refractivity contribution in [1.29, 1.82) is 0 Å². The first-order chi connectivity index (χ1) is 9.95. The van der Waals surface area contributed by atoms with E-state index in [-0.39, 0.29) is 11.0 Å². The second kappa shape index (κ2) is 7.48. The van der Waals surface area contributed by atoms with Gasteiger partial charge in [0.25, 0.3) is 5.91 Å². The first-order valence-electron chi connectivity index (χ1n) is 5.63. The van der Waals surface area contributed by atoms with Gasteiger partial charge in [-0.05, 0) is 75.0 Å². The van der Waals surface area contributed by atoms with Crippen LogP contribution in [0.1, 0.15) is 10.4 Å². The van der Waals surface area contributed by atoms with Crippen LogP contribution in [0.3, 0.4) is 0 Å². The number of pyridine rings is 1. The summed E-state index contributed by atoms with van der Waals surface area (Å²) in [7, 11) is 0. The highest BCUT2D eigenvalue weighted by Crippen LogP contribution is 2.23. The lowest BCUT2D eigenvalue weighted by molar-refractivity contribution is 0.0977. The van der Waals surface area contributed by atoms with E-state index < -0.39 is 0 Å². The van der Waals surface area contributed by atoms with Gasteiger partial charge in [0.15, 0.2) is 5.11 Å². The Balaban J connectivity index is 2.03. The minimum Gasteiger partial charge on any atom is -0.331 e. The Morgan fingerprint density at radius 3 is 2.76 bits per heavy atom. The Labute approximate surface area is 153 Å². The predicted molar refractivity (Wildman–Crippen MR) is 99.8 cm³/mol. The Kier molecular flexibility index (Phi) is 5.91. The molecule has 1 aromatic carbocycles. The summed E-state index contributed by atoms with van der Waals surface area (Å²) >= 11 is 16.6. The van der Waals surface area contributed by atoms with Crippen molar-refractivity contribution in [3.05, 3.63) is 55.3 Å². The van der Waals surface area contributed by atoms with Crippen LogP contribution in [0.5, 0.6) is 0 Å². The number of thiocarbonyl (C=S) groups is 1. The molecule has 0 aliphatic carbocycles.